The molecule has 2 amide bonds. The molecule has 3 heterocycles. The first-order valence-electron chi connectivity index (χ1n) is 12.4. The molecule has 2 aliphatic rings. The van der Waals surface area contributed by atoms with Crippen LogP contribution in [0.3, 0.4) is 0 Å². The van der Waals surface area contributed by atoms with Crippen molar-refractivity contribution in [1.82, 2.24) is 19.7 Å². The second kappa shape index (κ2) is 10.4. The number of hydrogen-bond donors (Lipinski definition) is 1. The van der Waals surface area contributed by atoms with Crippen molar-refractivity contribution < 1.29 is 23.1 Å². The highest BCUT2D eigenvalue weighted by molar-refractivity contribution is 5.99. The van der Waals surface area contributed by atoms with Crippen molar-refractivity contribution in [2.24, 2.45) is 0 Å². The molecule has 0 spiro atoms. The molecule has 0 radical (unpaired) electrons. The quantitative estimate of drug-likeness (QED) is 0.515. The lowest BCUT2D eigenvalue weighted by molar-refractivity contribution is 0.0130. The minimum atomic E-state index is -0.805. The van der Waals surface area contributed by atoms with Gasteiger partial charge in [0.05, 0.1) is 12.7 Å². The van der Waals surface area contributed by atoms with Gasteiger partial charge in [0.25, 0.3) is 11.8 Å². The van der Waals surface area contributed by atoms with Crippen LogP contribution in [0.15, 0.2) is 59.5 Å². The second-order valence-electron chi connectivity index (χ2n) is 9.84. The van der Waals surface area contributed by atoms with Crippen LogP contribution < -0.4 is 15.5 Å². The molecule has 2 aliphatic heterocycles. The van der Waals surface area contributed by atoms with Gasteiger partial charge in [-0.25, -0.2) is 8.78 Å². The maximum absolute atomic E-state index is 14.1. The molecular weight excluding hydrogens is 494 g/mol. The first-order chi connectivity index (χ1) is 18.2. The first kappa shape index (κ1) is 25.6. The minimum absolute atomic E-state index is 0.0327. The molecule has 198 valence electrons. The summed E-state index contributed by atoms with van der Waals surface area (Å²) in [5, 5.41) is 2.54. The number of fused-ring (bicyclic) bond motifs is 4. The van der Waals surface area contributed by atoms with Gasteiger partial charge < -0.3 is 19.5 Å². The molecule has 0 saturated carbocycles. The Labute approximate surface area is 218 Å². The van der Waals surface area contributed by atoms with Gasteiger partial charge in [0, 0.05) is 43.5 Å². The van der Waals surface area contributed by atoms with Gasteiger partial charge in [0.15, 0.2) is 11.4 Å². The Kier molecular flexibility index (Phi) is 6.98. The zero-order valence-corrected chi connectivity index (χ0v) is 21.1. The average Bonchev–Trinajstić information content (AvgIpc) is 2.90. The number of nitrogens with one attached hydrogen (secondary N) is 1. The Balaban J connectivity index is 1.52. The summed E-state index contributed by atoms with van der Waals surface area (Å²) < 4.78 is 35.0. The van der Waals surface area contributed by atoms with Gasteiger partial charge in [0.1, 0.15) is 23.8 Å². The van der Waals surface area contributed by atoms with E-state index in [1.165, 1.54) is 12.3 Å². The number of carbonyl (C=O) groups is 2. The van der Waals surface area contributed by atoms with Gasteiger partial charge >= 0.3 is 0 Å². The van der Waals surface area contributed by atoms with E-state index in [1.807, 2.05) is 44.2 Å². The molecule has 1 aromatic heterocycles. The van der Waals surface area contributed by atoms with Gasteiger partial charge in [-0.2, -0.15) is 0 Å². The third-order valence-electron chi connectivity index (χ3n) is 6.96. The fourth-order valence-electron chi connectivity index (χ4n) is 4.83. The van der Waals surface area contributed by atoms with Crippen molar-refractivity contribution in [2.45, 2.75) is 39.1 Å². The van der Waals surface area contributed by atoms with Crippen molar-refractivity contribution >= 4 is 11.8 Å². The van der Waals surface area contributed by atoms with Crippen LogP contribution in [0.2, 0.25) is 0 Å². The smallest absolute Gasteiger partial charge is 0.275 e. The Hall–Kier alpha value is -4.05. The Morgan fingerprint density at radius 1 is 1.11 bits per heavy atom. The summed E-state index contributed by atoms with van der Waals surface area (Å²) in [6.07, 6.45) is 1.40. The van der Waals surface area contributed by atoms with E-state index in [2.05, 4.69) is 10.2 Å². The largest absolute Gasteiger partial charge is 0.483 e. The third kappa shape index (κ3) is 4.91. The number of halogens is 2. The molecule has 1 unspecified atom stereocenters. The molecule has 3 aromatic rings. The summed E-state index contributed by atoms with van der Waals surface area (Å²) in [7, 11) is 0. The van der Waals surface area contributed by atoms with Crippen molar-refractivity contribution in [3.63, 3.8) is 0 Å². The van der Waals surface area contributed by atoms with Gasteiger partial charge in [-0.1, -0.05) is 36.4 Å². The van der Waals surface area contributed by atoms with Crippen molar-refractivity contribution in [2.75, 3.05) is 19.8 Å². The third-order valence-corrected chi connectivity index (χ3v) is 6.96. The van der Waals surface area contributed by atoms with Crippen LogP contribution in [0.1, 0.15) is 51.9 Å². The Bertz CT molecular complexity index is 1440. The SMILES string of the molecule is CC(C)N1CC2CN(C1)C(=O)c1c(OCc3ccccc3)c(=O)c(C(=O)NCc3ccc(F)cc3F)cn12. The molecule has 0 aliphatic carbocycles. The number of carbonyl (C=O) groups excluding carboxylic acids is 2. The lowest BCUT2D eigenvalue weighted by Gasteiger charge is -2.46. The maximum Gasteiger partial charge on any atom is 0.275 e. The molecule has 38 heavy (non-hydrogen) atoms. The summed E-state index contributed by atoms with van der Waals surface area (Å²) in [6.45, 7) is 5.37. The Morgan fingerprint density at radius 2 is 1.87 bits per heavy atom. The minimum Gasteiger partial charge on any atom is -0.483 e. The van der Waals surface area contributed by atoms with Gasteiger partial charge in [0.2, 0.25) is 5.43 Å². The molecule has 8 nitrogen and oxygen atoms in total. The molecular formula is C28H28F2N4O4. The van der Waals surface area contributed by atoms with Gasteiger partial charge in [-0.15, -0.1) is 0 Å². The van der Waals surface area contributed by atoms with E-state index >= 15 is 0 Å². The number of aromatic nitrogens is 1. The molecule has 10 heteroatoms. The van der Waals surface area contributed by atoms with Crippen molar-refractivity contribution in [1.29, 1.82) is 0 Å². The van der Waals surface area contributed by atoms with E-state index in [-0.39, 0.29) is 53.7 Å². The van der Waals surface area contributed by atoms with E-state index in [0.717, 1.165) is 17.7 Å². The highest BCUT2D eigenvalue weighted by atomic mass is 19.1. The Morgan fingerprint density at radius 3 is 2.58 bits per heavy atom. The van der Waals surface area contributed by atoms with Crippen LogP contribution in [0.5, 0.6) is 5.75 Å². The zero-order valence-electron chi connectivity index (χ0n) is 21.1. The summed E-state index contributed by atoms with van der Waals surface area (Å²) in [5.41, 5.74) is 0.0412. The van der Waals surface area contributed by atoms with Crippen LogP contribution in [0, 0.1) is 11.6 Å². The maximum atomic E-state index is 14.1. The standard InChI is InChI=1S/C28H28F2N4O4/c1-17(2)32-12-21-13-33(16-32)28(37)24-26(38-15-18-6-4-3-5-7-18)25(35)22(14-34(21)24)27(36)31-11-19-8-9-20(29)10-23(19)30/h3-10,14,17,21H,11-13,15-16H2,1-2H3,(H,31,36). The topological polar surface area (TPSA) is 83.9 Å². The highest BCUT2D eigenvalue weighted by Gasteiger charge is 2.41. The molecule has 2 aromatic carbocycles. The lowest BCUT2D eigenvalue weighted by Crippen LogP contribution is -2.58. The van der Waals surface area contributed by atoms with E-state index in [9.17, 15) is 23.2 Å². The molecule has 2 bridgehead atoms. The van der Waals surface area contributed by atoms with Crippen molar-refractivity contribution in [3.05, 3.63) is 99.0 Å². The van der Waals surface area contributed by atoms with Crippen LogP contribution in [-0.4, -0.2) is 52.0 Å². The molecule has 1 N–H and O–H groups in total. The fourth-order valence-corrected chi connectivity index (χ4v) is 4.83. The van der Waals surface area contributed by atoms with E-state index in [1.54, 1.807) is 9.47 Å². The van der Waals surface area contributed by atoms with Crippen LogP contribution in [0.25, 0.3) is 0 Å². The normalized spacial score (nSPS) is 16.9. The summed E-state index contributed by atoms with van der Waals surface area (Å²) in [4.78, 5) is 44.1. The number of pyridine rings is 1. The van der Waals surface area contributed by atoms with E-state index in [0.29, 0.717) is 19.8 Å². The number of benzene rings is 2. The molecule has 1 fully saturated rings. The molecule has 1 atom stereocenters. The summed E-state index contributed by atoms with van der Waals surface area (Å²) >= 11 is 0. The predicted octanol–water partition coefficient (Wildman–Crippen LogP) is 3.31. The highest BCUT2D eigenvalue weighted by Crippen LogP contribution is 2.31. The zero-order chi connectivity index (χ0) is 27.0. The summed E-state index contributed by atoms with van der Waals surface area (Å²) in [5.74, 6) is -2.81. The van der Waals surface area contributed by atoms with E-state index in [4.69, 9.17) is 4.74 Å². The number of hydrogen-bond acceptors (Lipinski definition) is 5. The number of amides is 2. The monoisotopic (exact) mass is 522 g/mol. The van der Waals surface area contributed by atoms with Gasteiger partial charge in [-0.05, 0) is 25.5 Å². The molecule has 5 rings (SSSR count). The van der Waals surface area contributed by atoms with Gasteiger partial charge in [-0.3, -0.25) is 19.3 Å². The number of ether oxygens (including phenoxy) is 1. The average molecular weight is 523 g/mol. The number of nitrogens with zero attached hydrogens (tertiary/aromatic N) is 3. The summed E-state index contributed by atoms with van der Waals surface area (Å²) in [6, 6.07) is 12.2. The van der Waals surface area contributed by atoms with Crippen molar-refractivity contribution in [3.8, 4) is 5.75 Å². The van der Waals surface area contributed by atoms with Crippen LogP contribution in [0.4, 0.5) is 8.78 Å². The van der Waals surface area contributed by atoms with Crippen LogP contribution in [-0.2, 0) is 13.2 Å². The second-order valence-corrected chi connectivity index (χ2v) is 9.84. The molecule has 1 saturated heterocycles. The van der Waals surface area contributed by atoms with E-state index < -0.39 is 23.0 Å². The predicted molar refractivity (Wildman–Crippen MR) is 136 cm³/mol. The lowest BCUT2D eigenvalue weighted by atomic mass is 10.0. The fraction of sp³-hybridized carbons (Fsp3) is 0.321. The number of rotatable bonds is 7. The first-order valence-corrected chi connectivity index (χ1v) is 12.4. The van der Waals surface area contributed by atoms with Crippen LogP contribution >= 0.6 is 0 Å².